The molecule has 27 heavy (non-hydrogen) atoms. The second kappa shape index (κ2) is 7.17. The molecule has 1 aliphatic rings. The van der Waals surface area contributed by atoms with E-state index in [1.165, 1.54) is 17.8 Å². The van der Waals surface area contributed by atoms with E-state index in [1.54, 1.807) is 12.1 Å². The minimum Gasteiger partial charge on any atom is -0.493 e. The number of thioether (sulfide) groups is 1. The topological polar surface area (TPSA) is 100 Å². The molecule has 0 atom stereocenters. The number of anilines is 1. The van der Waals surface area contributed by atoms with Gasteiger partial charge >= 0.3 is 0 Å². The SMILES string of the molecule is Nc1nc(SCc2ccc(Br)cc2)nn1S(=O)(=O)c1ccc2c(c1)CCO2. The van der Waals surface area contributed by atoms with Gasteiger partial charge in [-0.1, -0.05) is 39.8 Å². The van der Waals surface area contributed by atoms with Crippen LogP contribution in [0.25, 0.3) is 0 Å². The Morgan fingerprint density at radius 1 is 1.22 bits per heavy atom. The Morgan fingerprint density at radius 3 is 2.78 bits per heavy atom. The van der Waals surface area contributed by atoms with Gasteiger partial charge in [0.25, 0.3) is 10.0 Å². The Bertz CT molecular complexity index is 1100. The fourth-order valence-corrected chi connectivity index (χ4v) is 4.99. The second-order valence-electron chi connectivity index (χ2n) is 5.88. The molecule has 2 N–H and O–H groups in total. The molecule has 0 amide bonds. The molecule has 10 heteroatoms. The lowest BCUT2D eigenvalue weighted by Gasteiger charge is -2.06. The molecule has 1 aliphatic heterocycles. The van der Waals surface area contributed by atoms with E-state index >= 15 is 0 Å². The summed E-state index contributed by atoms with van der Waals surface area (Å²) >= 11 is 4.71. The van der Waals surface area contributed by atoms with Gasteiger partial charge in [0.05, 0.1) is 11.5 Å². The smallest absolute Gasteiger partial charge is 0.286 e. The minimum atomic E-state index is -3.92. The molecular weight excluding hydrogens is 452 g/mol. The van der Waals surface area contributed by atoms with Crippen molar-refractivity contribution in [3.05, 3.63) is 58.1 Å². The average Bonchev–Trinajstić information content (AvgIpc) is 3.27. The van der Waals surface area contributed by atoms with Gasteiger partial charge in [0, 0.05) is 16.6 Å². The zero-order valence-corrected chi connectivity index (χ0v) is 17.2. The molecule has 0 aliphatic carbocycles. The van der Waals surface area contributed by atoms with Gasteiger partial charge in [-0.3, -0.25) is 0 Å². The molecule has 0 bridgehead atoms. The molecule has 0 spiro atoms. The number of hydrogen-bond acceptors (Lipinski definition) is 7. The highest BCUT2D eigenvalue weighted by Crippen LogP contribution is 2.29. The van der Waals surface area contributed by atoms with Crippen LogP contribution in [0.3, 0.4) is 0 Å². The van der Waals surface area contributed by atoms with Gasteiger partial charge in [-0.2, -0.15) is 13.4 Å². The second-order valence-corrected chi connectivity index (χ2v) is 9.51. The molecule has 0 radical (unpaired) electrons. The number of fused-ring (bicyclic) bond motifs is 1. The third kappa shape index (κ3) is 3.69. The predicted molar refractivity (Wildman–Crippen MR) is 106 cm³/mol. The normalized spacial score (nSPS) is 13.4. The first kappa shape index (κ1) is 18.3. The maximum atomic E-state index is 12.9. The van der Waals surface area contributed by atoms with Crippen LogP contribution in [-0.2, 0) is 22.2 Å². The molecule has 140 valence electrons. The third-order valence-electron chi connectivity index (χ3n) is 4.05. The summed E-state index contributed by atoms with van der Waals surface area (Å²) in [5.74, 6) is 1.16. The lowest BCUT2D eigenvalue weighted by Crippen LogP contribution is -2.17. The monoisotopic (exact) mass is 466 g/mol. The van der Waals surface area contributed by atoms with Crippen LogP contribution < -0.4 is 10.5 Å². The van der Waals surface area contributed by atoms with E-state index in [0.29, 0.717) is 29.7 Å². The van der Waals surface area contributed by atoms with Crippen LogP contribution in [-0.4, -0.2) is 29.2 Å². The molecule has 4 rings (SSSR count). The lowest BCUT2D eigenvalue weighted by atomic mass is 10.2. The highest BCUT2D eigenvalue weighted by molar-refractivity contribution is 9.10. The van der Waals surface area contributed by atoms with Gasteiger partial charge in [0.15, 0.2) is 0 Å². The van der Waals surface area contributed by atoms with Crippen LogP contribution in [0.5, 0.6) is 5.75 Å². The van der Waals surface area contributed by atoms with Crippen LogP contribution >= 0.6 is 27.7 Å². The summed E-state index contributed by atoms with van der Waals surface area (Å²) in [5.41, 5.74) is 7.76. The fourth-order valence-electron chi connectivity index (χ4n) is 2.68. The van der Waals surface area contributed by atoms with Crippen molar-refractivity contribution < 1.29 is 13.2 Å². The molecule has 2 aromatic carbocycles. The highest BCUT2D eigenvalue weighted by Gasteiger charge is 2.25. The number of hydrogen-bond donors (Lipinski definition) is 1. The zero-order chi connectivity index (χ0) is 19.0. The van der Waals surface area contributed by atoms with Crippen molar-refractivity contribution in [2.24, 2.45) is 0 Å². The standard InChI is InChI=1S/C17H15BrN4O3S2/c18-13-3-1-11(2-4-13)10-26-17-20-16(19)22(21-17)27(23,24)14-5-6-15-12(9-14)7-8-25-15/h1-6,9H,7-8,10H2,(H2,19,20,21). The molecule has 0 saturated heterocycles. The van der Waals surface area contributed by atoms with Crippen molar-refractivity contribution >= 4 is 43.7 Å². The Balaban J connectivity index is 1.57. The lowest BCUT2D eigenvalue weighted by molar-refractivity contribution is 0.356. The van der Waals surface area contributed by atoms with Gasteiger partial charge in [-0.25, -0.2) is 0 Å². The minimum absolute atomic E-state index is 0.118. The highest BCUT2D eigenvalue weighted by atomic mass is 79.9. The van der Waals surface area contributed by atoms with Crippen LogP contribution in [0, 0.1) is 0 Å². The largest absolute Gasteiger partial charge is 0.493 e. The number of rotatable bonds is 5. The predicted octanol–water partition coefficient (Wildman–Crippen LogP) is 3.09. The van der Waals surface area contributed by atoms with Crippen molar-refractivity contribution in [1.29, 1.82) is 0 Å². The van der Waals surface area contributed by atoms with E-state index in [0.717, 1.165) is 19.7 Å². The summed E-state index contributed by atoms with van der Waals surface area (Å²) in [6, 6.07) is 12.6. The van der Waals surface area contributed by atoms with E-state index in [4.69, 9.17) is 10.5 Å². The zero-order valence-electron chi connectivity index (χ0n) is 14.0. The molecular formula is C17H15BrN4O3S2. The van der Waals surface area contributed by atoms with Crippen molar-refractivity contribution in [1.82, 2.24) is 14.2 Å². The van der Waals surface area contributed by atoms with E-state index < -0.39 is 10.0 Å². The van der Waals surface area contributed by atoms with Crippen molar-refractivity contribution in [3.63, 3.8) is 0 Å². The Kier molecular flexibility index (Phi) is 4.87. The summed E-state index contributed by atoms with van der Waals surface area (Å²) in [4.78, 5) is 4.21. The van der Waals surface area contributed by atoms with E-state index in [1.807, 2.05) is 24.3 Å². The van der Waals surface area contributed by atoms with E-state index in [2.05, 4.69) is 26.0 Å². The third-order valence-corrected chi connectivity index (χ3v) is 7.06. The van der Waals surface area contributed by atoms with Crippen LogP contribution in [0.15, 0.2) is 57.0 Å². The van der Waals surface area contributed by atoms with Crippen molar-refractivity contribution in [2.75, 3.05) is 12.3 Å². The number of nitrogens with two attached hydrogens (primary N) is 1. The van der Waals surface area contributed by atoms with Crippen LogP contribution in [0.2, 0.25) is 0 Å². The first-order valence-electron chi connectivity index (χ1n) is 8.04. The molecule has 0 fully saturated rings. The number of aromatic nitrogens is 3. The summed E-state index contributed by atoms with van der Waals surface area (Å²) in [6.45, 7) is 0.557. The van der Waals surface area contributed by atoms with E-state index in [-0.39, 0.29) is 10.8 Å². The number of halogens is 1. The average molecular weight is 467 g/mol. The first-order chi connectivity index (χ1) is 12.9. The maximum Gasteiger partial charge on any atom is 0.286 e. The summed E-state index contributed by atoms with van der Waals surface area (Å²) < 4.78 is 33.0. The number of ether oxygens (including phenoxy) is 1. The van der Waals surface area contributed by atoms with Crippen LogP contribution in [0.1, 0.15) is 11.1 Å². The summed E-state index contributed by atoms with van der Waals surface area (Å²) in [5, 5.41) is 4.41. The fraction of sp³-hybridized carbons (Fsp3) is 0.176. The van der Waals surface area contributed by atoms with E-state index in [9.17, 15) is 8.42 Å². The number of benzene rings is 2. The van der Waals surface area contributed by atoms with Crippen molar-refractivity contribution in [2.45, 2.75) is 22.2 Å². The van der Waals surface area contributed by atoms with Gasteiger partial charge in [0.1, 0.15) is 5.75 Å². The number of nitrogens with zero attached hydrogens (tertiary/aromatic N) is 3. The molecule has 3 aromatic rings. The van der Waals surface area contributed by atoms with Crippen molar-refractivity contribution in [3.8, 4) is 5.75 Å². The van der Waals surface area contributed by atoms with Crippen LogP contribution in [0.4, 0.5) is 5.95 Å². The first-order valence-corrected chi connectivity index (χ1v) is 11.3. The molecule has 0 unspecified atom stereocenters. The summed E-state index contributed by atoms with van der Waals surface area (Å²) in [7, 11) is -3.92. The molecule has 2 heterocycles. The molecule has 7 nitrogen and oxygen atoms in total. The van der Waals surface area contributed by atoms with Gasteiger partial charge in [-0.15, -0.1) is 9.19 Å². The van der Waals surface area contributed by atoms with Gasteiger partial charge < -0.3 is 10.5 Å². The summed E-state index contributed by atoms with van der Waals surface area (Å²) in [6.07, 6.45) is 0.680. The van der Waals surface area contributed by atoms with Gasteiger partial charge in [-0.05, 0) is 41.5 Å². The number of nitrogen functional groups attached to an aromatic ring is 1. The van der Waals surface area contributed by atoms with Gasteiger partial charge in [0.2, 0.25) is 11.1 Å². The molecule has 1 aromatic heterocycles. The Hall–Kier alpha value is -2.04. The quantitative estimate of drug-likeness (QED) is 0.576. The molecule has 0 saturated carbocycles. The Labute approximate surface area is 169 Å². The maximum absolute atomic E-state index is 12.9. The Morgan fingerprint density at radius 2 is 2.00 bits per heavy atom.